The highest BCUT2D eigenvalue weighted by Gasteiger charge is 2.39. The van der Waals surface area contributed by atoms with Gasteiger partial charge in [0.1, 0.15) is 13.3 Å². The molecule has 0 radical (unpaired) electrons. The number of ether oxygens (including phenoxy) is 1. The van der Waals surface area contributed by atoms with Crippen LogP contribution < -0.4 is 15.4 Å². The normalized spacial score (nSPS) is 23.8. The lowest BCUT2D eigenvalue weighted by molar-refractivity contribution is -0.137. The molecule has 39 heavy (non-hydrogen) atoms. The van der Waals surface area contributed by atoms with Crippen LogP contribution in [0.15, 0.2) is 36.7 Å². The first kappa shape index (κ1) is 28.7. The quantitative estimate of drug-likeness (QED) is 0.409. The highest BCUT2D eigenvalue weighted by Crippen LogP contribution is 2.39. The van der Waals surface area contributed by atoms with Gasteiger partial charge in [0.15, 0.2) is 0 Å². The third-order valence-corrected chi connectivity index (χ3v) is 7.22. The third kappa shape index (κ3) is 7.41. The highest BCUT2D eigenvalue weighted by atomic mass is 19.4. The lowest BCUT2D eigenvalue weighted by Crippen LogP contribution is -2.45. The second-order valence-electron chi connectivity index (χ2n) is 9.86. The lowest BCUT2D eigenvalue weighted by Gasteiger charge is -2.39. The van der Waals surface area contributed by atoms with E-state index in [0.717, 1.165) is 44.0 Å². The van der Waals surface area contributed by atoms with Gasteiger partial charge in [-0.3, -0.25) is 14.5 Å². The average molecular weight is 554 g/mol. The van der Waals surface area contributed by atoms with Crippen molar-refractivity contribution in [2.24, 2.45) is 0 Å². The van der Waals surface area contributed by atoms with Crippen LogP contribution >= 0.6 is 0 Å². The molecule has 2 aromatic rings. The summed E-state index contributed by atoms with van der Waals surface area (Å²) in [4.78, 5) is 35.0. The fourth-order valence-electron chi connectivity index (χ4n) is 5.11. The molecule has 1 atom stereocenters. The van der Waals surface area contributed by atoms with Gasteiger partial charge in [0.05, 0.1) is 17.7 Å². The minimum atomic E-state index is -4.56. The van der Waals surface area contributed by atoms with Gasteiger partial charge < -0.3 is 20.5 Å². The zero-order valence-corrected chi connectivity index (χ0v) is 21.2. The van der Waals surface area contributed by atoms with Gasteiger partial charge in [-0.15, -0.1) is 0 Å². The molecule has 2 fully saturated rings. The van der Waals surface area contributed by atoms with E-state index in [2.05, 4.69) is 25.5 Å². The molecule has 3 N–H and O–H groups in total. The number of aromatic nitrogens is 2. The third-order valence-electron chi connectivity index (χ3n) is 7.22. The summed E-state index contributed by atoms with van der Waals surface area (Å²) < 4.78 is 55.9. The summed E-state index contributed by atoms with van der Waals surface area (Å²) in [7, 11) is 0. The molecule has 1 saturated heterocycles. The summed E-state index contributed by atoms with van der Waals surface area (Å²) in [5, 5.41) is 16.4. The smallest absolute Gasteiger partial charge is 0.416 e. The van der Waals surface area contributed by atoms with Crippen molar-refractivity contribution in [3.8, 4) is 6.01 Å². The van der Waals surface area contributed by atoms with Crippen LogP contribution in [0.25, 0.3) is 0 Å². The number of carbonyl (C=O) groups excluding carboxylic acids is 2. The van der Waals surface area contributed by atoms with E-state index in [1.807, 2.05) is 0 Å². The molecule has 1 unspecified atom stereocenters. The maximum atomic E-state index is 12.9. The van der Waals surface area contributed by atoms with E-state index in [0.29, 0.717) is 24.9 Å². The number of amides is 2. The van der Waals surface area contributed by atoms with Gasteiger partial charge in [0.25, 0.3) is 5.91 Å². The Labute approximate surface area is 223 Å². The molecule has 13 heteroatoms. The van der Waals surface area contributed by atoms with Crippen LogP contribution in [0.4, 0.5) is 17.6 Å². The SMILES string of the molecule is O=C(CNC(=O)c1cccc(C(F)(F)F)c1)NC1CCN(C2CCC(O)(c3cnc(OCCF)nc3)CC2)C1. The first-order valence-corrected chi connectivity index (χ1v) is 12.8. The summed E-state index contributed by atoms with van der Waals surface area (Å²) in [6.45, 7) is 0.282. The molecular formula is C26H31F4N5O4. The predicted molar refractivity (Wildman–Crippen MR) is 132 cm³/mol. The monoisotopic (exact) mass is 553 g/mol. The number of hydrogen-bond donors (Lipinski definition) is 3. The number of hydrogen-bond acceptors (Lipinski definition) is 7. The molecule has 1 aromatic heterocycles. The fourth-order valence-corrected chi connectivity index (χ4v) is 5.11. The van der Waals surface area contributed by atoms with Crippen molar-refractivity contribution >= 4 is 11.8 Å². The Kier molecular flexibility index (Phi) is 9.01. The van der Waals surface area contributed by atoms with Crippen molar-refractivity contribution < 1.29 is 37.0 Å². The summed E-state index contributed by atoms with van der Waals surface area (Å²) in [6.07, 6.45) is 1.69. The summed E-state index contributed by atoms with van der Waals surface area (Å²) >= 11 is 0. The second-order valence-corrected chi connectivity index (χ2v) is 9.86. The summed E-state index contributed by atoms with van der Waals surface area (Å²) in [6, 6.07) is 4.21. The summed E-state index contributed by atoms with van der Waals surface area (Å²) in [5.41, 5.74) is -1.57. The Morgan fingerprint density at radius 2 is 1.87 bits per heavy atom. The number of nitrogens with zero attached hydrogens (tertiary/aromatic N) is 3. The molecule has 2 amide bonds. The number of carbonyl (C=O) groups is 2. The standard InChI is InChI=1S/C26H31F4N5O4/c27-9-11-39-24-32-13-19(14-33-24)25(38)7-4-21(5-8-25)35-10-6-20(16-35)34-22(36)15-31-23(37)17-2-1-3-18(12-17)26(28,29)30/h1-3,12-14,20-21,38H,4-11,15-16H2,(H,31,37)(H,34,36). The molecule has 4 rings (SSSR count). The van der Waals surface area contributed by atoms with Crippen molar-refractivity contribution in [2.75, 3.05) is 32.9 Å². The molecule has 212 valence electrons. The van der Waals surface area contributed by atoms with Gasteiger partial charge in [0, 0.05) is 48.7 Å². The Hall–Kier alpha value is -3.32. The van der Waals surface area contributed by atoms with Gasteiger partial charge in [-0.05, 0) is 50.3 Å². The second kappa shape index (κ2) is 12.2. The first-order valence-electron chi connectivity index (χ1n) is 12.8. The van der Waals surface area contributed by atoms with E-state index >= 15 is 0 Å². The number of benzene rings is 1. The number of nitrogens with one attached hydrogen (secondary N) is 2. The van der Waals surface area contributed by atoms with Crippen molar-refractivity contribution in [1.82, 2.24) is 25.5 Å². The molecule has 0 bridgehead atoms. The number of halogens is 4. The number of aliphatic hydroxyl groups is 1. The molecule has 1 saturated carbocycles. The Bertz CT molecular complexity index is 1140. The van der Waals surface area contributed by atoms with E-state index in [1.54, 1.807) is 0 Å². The van der Waals surface area contributed by atoms with Crippen LogP contribution in [-0.4, -0.2) is 76.8 Å². The van der Waals surface area contributed by atoms with Crippen LogP contribution in [0.2, 0.25) is 0 Å². The Morgan fingerprint density at radius 1 is 1.15 bits per heavy atom. The van der Waals surface area contributed by atoms with Crippen molar-refractivity contribution in [3.05, 3.63) is 53.3 Å². The highest BCUT2D eigenvalue weighted by molar-refractivity contribution is 5.96. The molecule has 0 spiro atoms. The van der Waals surface area contributed by atoms with Gasteiger partial charge >= 0.3 is 12.2 Å². The van der Waals surface area contributed by atoms with Crippen molar-refractivity contribution in [2.45, 2.75) is 56.0 Å². The molecule has 1 aliphatic carbocycles. The number of alkyl halides is 4. The first-order chi connectivity index (χ1) is 18.6. The maximum Gasteiger partial charge on any atom is 0.416 e. The van der Waals surface area contributed by atoms with Gasteiger partial charge in [-0.2, -0.15) is 13.2 Å². The van der Waals surface area contributed by atoms with E-state index in [-0.39, 0.29) is 36.8 Å². The van der Waals surface area contributed by atoms with E-state index in [9.17, 15) is 32.3 Å². The largest absolute Gasteiger partial charge is 0.461 e. The van der Waals surface area contributed by atoms with Gasteiger partial charge in [-0.1, -0.05) is 6.07 Å². The van der Waals surface area contributed by atoms with Crippen LogP contribution in [0.5, 0.6) is 6.01 Å². The molecule has 9 nitrogen and oxygen atoms in total. The van der Waals surface area contributed by atoms with E-state index in [1.165, 1.54) is 18.5 Å². The van der Waals surface area contributed by atoms with Crippen LogP contribution in [0, 0.1) is 0 Å². The Morgan fingerprint density at radius 3 is 2.54 bits per heavy atom. The van der Waals surface area contributed by atoms with Crippen LogP contribution in [-0.2, 0) is 16.6 Å². The zero-order valence-electron chi connectivity index (χ0n) is 21.2. The topological polar surface area (TPSA) is 117 Å². The van der Waals surface area contributed by atoms with Gasteiger partial charge in [-0.25, -0.2) is 14.4 Å². The number of likely N-dealkylation sites (tertiary alicyclic amines) is 1. The van der Waals surface area contributed by atoms with Crippen molar-refractivity contribution in [3.63, 3.8) is 0 Å². The average Bonchev–Trinajstić information content (AvgIpc) is 3.39. The predicted octanol–water partition coefficient (Wildman–Crippen LogP) is 2.59. The molecule has 1 aromatic carbocycles. The lowest BCUT2D eigenvalue weighted by atomic mass is 9.78. The van der Waals surface area contributed by atoms with E-state index < -0.39 is 35.8 Å². The fraction of sp³-hybridized carbons (Fsp3) is 0.538. The van der Waals surface area contributed by atoms with Crippen LogP contribution in [0.1, 0.15) is 53.6 Å². The van der Waals surface area contributed by atoms with Crippen molar-refractivity contribution in [1.29, 1.82) is 0 Å². The number of rotatable bonds is 9. The van der Waals surface area contributed by atoms with E-state index in [4.69, 9.17) is 4.74 Å². The molecule has 2 aliphatic rings. The molecular weight excluding hydrogens is 522 g/mol. The van der Waals surface area contributed by atoms with Crippen LogP contribution in [0.3, 0.4) is 0 Å². The maximum absolute atomic E-state index is 12.9. The molecule has 1 aliphatic heterocycles. The summed E-state index contributed by atoms with van der Waals surface area (Å²) in [5.74, 6) is -1.18. The minimum absolute atomic E-state index is 0.0639. The van der Waals surface area contributed by atoms with Gasteiger partial charge in [0.2, 0.25) is 5.91 Å². The molecule has 2 heterocycles. The minimum Gasteiger partial charge on any atom is -0.461 e. The zero-order chi connectivity index (χ0) is 28.0. The Balaban J connectivity index is 1.20.